The maximum Gasteiger partial charge on any atom is 0.256 e. The molecule has 0 aliphatic heterocycles. The molecule has 1 heterocycles. The molecule has 0 bridgehead atoms. The number of halogens is 5. The zero-order valence-corrected chi connectivity index (χ0v) is 15.8. The number of rotatable bonds is 3. The zero-order chi connectivity index (χ0) is 15.7. The molecule has 0 fully saturated rings. The number of hydrogen-bond donors (Lipinski definition) is 1. The average molecular weight is 501 g/mol. The summed E-state index contributed by atoms with van der Waals surface area (Å²) in [5, 5.41) is 9.10. The first-order valence-corrected chi connectivity index (χ1v) is 6.66. The summed E-state index contributed by atoms with van der Waals surface area (Å²) in [6, 6.07) is 4.84. The molecule has 1 N–H and O–H groups in total. The predicted molar refractivity (Wildman–Crippen MR) is 75.3 cm³/mol. The van der Waals surface area contributed by atoms with Crippen molar-refractivity contribution in [3.05, 3.63) is 49.8 Å². The van der Waals surface area contributed by atoms with E-state index < -0.39 is 47.2 Å². The van der Waals surface area contributed by atoms with Crippen LogP contribution in [0, 0.1) is 21.3 Å². The van der Waals surface area contributed by atoms with Crippen molar-refractivity contribution in [3.8, 4) is 17.0 Å². The van der Waals surface area contributed by atoms with E-state index in [0.29, 0.717) is 16.7 Å². The van der Waals surface area contributed by atoms with Gasteiger partial charge in [-0.05, 0) is 9.13 Å². The normalized spacial score (nSPS) is 10.6. The topological polar surface area (TPSA) is 42.2 Å². The SMILES string of the molecule is O=c1c(I)c[c-]c(-c2c(F)cc(O)cc2F)n1CC(F)F.[Y]. The molecule has 22 heavy (non-hydrogen) atoms. The Morgan fingerprint density at radius 1 is 1.27 bits per heavy atom. The first kappa shape index (κ1) is 19.6. The molecule has 3 nitrogen and oxygen atoms in total. The maximum absolute atomic E-state index is 13.8. The minimum atomic E-state index is -2.88. The maximum atomic E-state index is 13.8. The molecule has 0 aliphatic rings. The number of pyridine rings is 1. The molecule has 0 amide bonds. The number of benzene rings is 1. The molecule has 1 aromatic carbocycles. The van der Waals surface area contributed by atoms with Gasteiger partial charge in [-0.2, -0.15) is 12.1 Å². The molecule has 0 aliphatic carbocycles. The van der Waals surface area contributed by atoms with E-state index in [-0.39, 0.29) is 36.3 Å². The molecule has 1 aromatic heterocycles. The van der Waals surface area contributed by atoms with Crippen LogP contribution >= 0.6 is 22.6 Å². The van der Waals surface area contributed by atoms with Crippen molar-refractivity contribution in [2.24, 2.45) is 0 Å². The summed E-state index contributed by atoms with van der Waals surface area (Å²) in [6.45, 7) is -1.01. The van der Waals surface area contributed by atoms with E-state index in [1.165, 1.54) is 0 Å². The van der Waals surface area contributed by atoms with Gasteiger partial charge in [0, 0.05) is 44.8 Å². The summed E-state index contributed by atoms with van der Waals surface area (Å²) in [4.78, 5) is 11.9. The van der Waals surface area contributed by atoms with Crippen molar-refractivity contribution in [1.29, 1.82) is 0 Å². The van der Waals surface area contributed by atoms with Gasteiger partial charge in [-0.15, -0.1) is 22.6 Å². The van der Waals surface area contributed by atoms with Gasteiger partial charge in [0.25, 0.3) is 6.43 Å². The fourth-order valence-corrected chi connectivity index (χ4v) is 2.25. The largest absolute Gasteiger partial charge is 0.508 e. The molecule has 115 valence electrons. The quantitative estimate of drug-likeness (QED) is 0.400. The fraction of sp³-hybridized carbons (Fsp3) is 0.154. The first-order valence-electron chi connectivity index (χ1n) is 5.58. The summed E-state index contributed by atoms with van der Waals surface area (Å²) in [5.74, 6) is -3.00. The van der Waals surface area contributed by atoms with Crippen LogP contribution in [-0.4, -0.2) is 16.1 Å². The van der Waals surface area contributed by atoms with E-state index in [1.54, 1.807) is 22.6 Å². The summed E-state index contributed by atoms with van der Waals surface area (Å²) in [6.07, 6.45) is -2.88. The fourth-order valence-electron chi connectivity index (χ4n) is 1.81. The second-order valence-corrected chi connectivity index (χ2v) is 5.24. The smallest absolute Gasteiger partial charge is 0.256 e. The van der Waals surface area contributed by atoms with Crippen molar-refractivity contribution in [2.75, 3.05) is 0 Å². The van der Waals surface area contributed by atoms with Crippen molar-refractivity contribution < 1.29 is 55.4 Å². The summed E-state index contributed by atoms with van der Waals surface area (Å²) >= 11 is 1.62. The Morgan fingerprint density at radius 2 is 1.82 bits per heavy atom. The number of alkyl halides is 2. The predicted octanol–water partition coefficient (Wildman–Crippen LogP) is 3.17. The Balaban J connectivity index is 0.00000242. The van der Waals surface area contributed by atoms with Gasteiger partial charge in [0.1, 0.15) is 5.75 Å². The third-order valence-electron chi connectivity index (χ3n) is 2.64. The van der Waals surface area contributed by atoms with E-state index in [1.807, 2.05) is 0 Å². The Labute approximate surface area is 161 Å². The van der Waals surface area contributed by atoms with Gasteiger partial charge in [0.05, 0.1) is 18.2 Å². The van der Waals surface area contributed by atoms with Crippen LogP contribution in [0.4, 0.5) is 17.6 Å². The van der Waals surface area contributed by atoms with Gasteiger partial charge in [-0.1, -0.05) is 5.69 Å². The molecular weight excluding hydrogens is 494 g/mol. The van der Waals surface area contributed by atoms with E-state index in [2.05, 4.69) is 6.07 Å². The monoisotopic (exact) mass is 501 g/mol. The van der Waals surface area contributed by atoms with Gasteiger partial charge in [-0.3, -0.25) is 4.79 Å². The van der Waals surface area contributed by atoms with E-state index >= 15 is 0 Å². The molecule has 0 saturated heterocycles. The average Bonchev–Trinajstić information content (AvgIpc) is 2.36. The van der Waals surface area contributed by atoms with Crippen molar-refractivity contribution in [2.45, 2.75) is 13.0 Å². The standard InChI is InChI=1S/C13H7F4INO2.Y/c14-7-3-6(20)4-8(15)12(7)10-2-1-9(18)13(21)19(10)5-11(16)17;/h1,3-4,11,20H,5H2;/q-1;. The number of phenols is 1. The molecule has 1 radical (unpaired) electrons. The number of nitrogens with zero attached hydrogens (tertiary/aromatic N) is 1. The van der Waals surface area contributed by atoms with Crippen molar-refractivity contribution in [1.82, 2.24) is 4.57 Å². The van der Waals surface area contributed by atoms with Crippen molar-refractivity contribution >= 4 is 22.6 Å². The molecule has 0 spiro atoms. The Kier molecular flexibility index (Phi) is 7.00. The Bertz CT molecular complexity index is 728. The first-order chi connectivity index (χ1) is 9.81. The van der Waals surface area contributed by atoms with Crippen LogP contribution in [0.15, 0.2) is 23.0 Å². The van der Waals surface area contributed by atoms with E-state index in [9.17, 15) is 22.4 Å². The van der Waals surface area contributed by atoms with Crippen molar-refractivity contribution in [3.63, 3.8) is 0 Å². The van der Waals surface area contributed by atoms with Crippen LogP contribution in [0.5, 0.6) is 5.75 Å². The molecular formula is C13H7F4INO2Y-. The minimum absolute atomic E-state index is 0. The minimum Gasteiger partial charge on any atom is -0.508 e. The van der Waals surface area contributed by atoms with Crippen LogP contribution < -0.4 is 5.56 Å². The molecule has 2 aromatic rings. The number of hydrogen-bond acceptors (Lipinski definition) is 2. The van der Waals surface area contributed by atoms with Gasteiger partial charge >= 0.3 is 0 Å². The van der Waals surface area contributed by atoms with Crippen LogP contribution in [0.1, 0.15) is 0 Å². The van der Waals surface area contributed by atoms with Crippen LogP contribution in [0.3, 0.4) is 0 Å². The second kappa shape index (κ2) is 7.87. The van der Waals surface area contributed by atoms with Gasteiger partial charge in [-0.25, -0.2) is 17.6 Å². The summed E-state index contributed by atoms with van der Waals surface area (Å²) < 4.78 is 53.5. The summed E-state index contributed by atoms with van der Waals surface area (Å²) in [7, 11) is 0. The van der Waals surface area contributed by atoms with Crippen LogP contribution in [-0.2, 0) is 39.3 Å². The number of aromatic hydroxyl groups is 1. The number of phenolic OH excluding ortho intramolecular Hbond substituents is 1. The third-order valence-corrected chi connectivity index (χ3v) is 3.41. The zero-order valence-electron chi connectivity index (χ0n) is 10.8. The Hall–Kier alpha value is -0.476. The second-order valence-electron chi connectivity index (χ2n) is 4.08. The molecule has 0 atom stereocenters. The van der Waals surface area contributed by atoms with Crippen LogP contribution in [0.2, 0.25) is 0 Å². The van der Waals surface area contributed by atoms with Gasteiger partial charge in [0.2, 0.25) is 5.56 Å². The van der Waals surface area contributed by atoms with Gasteiger partial charge in [0.15, 0.2) is 0 Å². The van der Waals surface area contributed by atoms with E-state index in [4.69, 9.17) is 5.11 Å². The molecule has 2 rings (SSSR count). The van der Waals surface area contributed by atoms with Crippen LogP contribution in [0.25, 0.3) is 11.3 Å². The number of aromatic nitrogens is 1. The molecule has 9 heteroatoms. The Morgan fingerprint density at radius 3 is 2.32 bits per heavy atom. The summed E-state index contributed by atoms with van der Waals surface area (Å²) in [5.41, 5.74) is -1.92. The van der Waals surface area contributed by atoms with Gasteiger partial charge < -0.3 is 9.67 Å². The molecule has 0 saturated carbocycles. The molecule has 0 unspecified atom stereocenters. The van der Waals surface area contributed by atoms with E-state index in [0.717, 1.165) is 6.07 Å². The third kappa shape index (κ3) is 4.08.